The monoisotopic (exact) mass is 445 g/mol. The fourth-order valence-electron chi connectivity index (χ4n) is 3.62. The van der Waals surface area contributed by atoms with Crippen LogP contribution in [-0.2, 0) is 11.2 Å². The summed E-state index contributed by atoms with van der Waals surface area (Å²) in [4.78, 5) is 22.3. The van der Waals surface area contributed by atoms with Gasteiger partial charge in [0.15, 0.2) is 5.13 Å². The van der Waals surface area contributed by atoms with Crippen molar-refractivity contribution in [1.82, 2.24) is 9.88 Å². The smallest absolute Gasteiger partial charge is 0.229 e. The molecule has 1 aromatic heterocycles. The average molecular weight is 446 g/mol. The van der Waals surface area contributed by atoms with Crippen LogP contribution in [0.15, 0.2) is 42.5 Å². The van der Waals surface area contributed by atoms with Gasteiger partial charge >= 0.3 is 0 Å². The van der Waals surface area contributed by atoms with E-state index >= 15 is 0 Å². The highest BCUT2D eigenvalue weighted by atomic mass is 35.5. The second kappa shape index (κ2) is 11.4. The number of amides is 1. The van der Waals surface area contributed by atoms with E-state index in [1.165, 1.54) is 21.4 Å². The van der Waals surface area contributed by atoms with Gasteiger partial charge in [-0.3, -0.25) is 9.69 Å². The number of nitrogens with zero attached hydrogens (tertiary/aromatic N) is 3. The molecule has 30 heavy (non-hydrogen) atoms. The normalized spacial score (nSPS) is 11.0. The number of fused-ring (bicyclic) bond motifs is 1. The summed E-state index contributed by atoms with van der Waals surface area (Å²) in [7, 11) is 0. The summed E-state index contributed by atoms with van der Waals surface area (Å²) >= 11 is 1.63. The Kier molecular flexibility index (Phi) is 9.28. The number of likely N-dealkylation sites (N-methyl/N-ethyl adjacent to an activating group) is 1. The minimum atomic E-state index is 0. The first-order chi connectivity index (χ1) is 14.0. The molecule has 3 rings (SSSR count). The topological polar surface area (TPSA) is 36.4 Å². The summed E-state index contributed by atoms with van der Waals surface area (Å²) in [6, 6.07) is 14.5. The van der Waals surface area contributed by atoms with Gasteiger partial charge in [-0.25, -0.2) is 4.98 Å². The van der Waals surface area contributed by atoms with Crippen molar-refractivity contribution in [2.75, 3.05) is 31.1 Å². The highest BCUT2D eigenvalue weighted by Crippen LogP contribution is 2.32. The van der Waals surface area contributed by atoms with Crippen molar-refractivity contribution >= 4 is 45.0 Å². The molecule has 0 atom stereocenters. The van der Waals surface area contributed by atoms with E-state index in [4.69, 9.17) is 4.98 Å². The van der Waals surface area contributed by atoms with Gasteiger partial charge in [0.2, 0.25) is 5.91 Å². The number of thiazole rings is 1. The second-order valence-electron chi connectivity index (χ2n) is 7.48. The number of benzene rings is 2. The summed E-state index contributed by atoms with van der Waals surface area (Å²) in [5.74, 6) is 0.148. The molecule has 0 bridgehead atoms. The van der Waals surface area contributed by atoms with Gasteiger partial charge in [0, 0.05) is 19.5 Å². The lowest BCUT2D eigenvalue weighted by molar-refractivity contribution is -0.118. The maximum atomic E-state index is 13.2. The lowest BCUT2D eigenvalue weighted by Crippen LogP contribution is -2.39. The number of carbonyl (C=O) groups excluding carboxylic acids is 1. The van der Waals surface area contributed by atoms with E-state index in [0.717, 1.165) is 36.7 Å². The molecule has 2 aromatic carbocycles. The maximum absolute atomic E-state index is 13.2. The number of halogens is 1. The molecule has 6 heteroatoms. The molecule has 0 N–H and O–H groups in total. The summed E-state index contributed by atoms with van der Waals surface area (Å²) in [5, 5.41) is 0.818. The molecule has 0 aliphatic rings. The van der Waals surface area contributed by atoms with Crippen LogP contribution in [-0.4, -0.2) is 42.0 Å². The van der Waals surface area contributed by atoms with Gasteiger partial charge in [0.25, 0.3) is 0 Å². The highest BCUT2D eigenvalue weighted by Gasteiger charge is 2.21. The standard InChI is InChI=1S/C24H31N3OS.ClH/c1-5-26(6-2)14-15-27(22(28)13-12-20-10-8-7-9-11-20)24-25-21-17-18(3)16-19(4)23(21)29-24;/h7-11,16-17H,5-6,12-15H2,1-4H3;1H. The van der Waals surface area contributed by atoms with E-state index in [-0.39, 0.29) is 18.3 Å². The van der Waals surface area contributed by atoms with Gasteiger partial charge in [0.1, 0.15) is 0 Å². The van der Waals surface area contributed by atoms with Gasteiger partial charge in [0.05, 0.1) is 10.2 Å². The number of aromatic nitrogens is 1. The van der Waals surface area contributed by atoms with E-state index in [2.05, 4.69) is 56.9 Å². The Morgan fingerprint density at radius 3 is 2.40 bits per heavy atom. The first kappa shape index (κ1) is 24.3. The van der Waals surface area contributed by atoms with Gasteiger partial charge in [-0.2, -0.15) is 0 Å². The first-order valence-electron chi connectivity index (χ1n) is 10.5. The predicted molar refractivity (Wildman–Crippen MR) is 131 cm³/mol. The molecule has 0 saturated heterocycles. The third kappa shape index (κ3) is 6.03. The van der Waals surface area contributed by atoms with Crippen molar-refractivity contribution < 1.29 is 4.79 Å². The molecule has 0 aliphatic heterocycles. The van der Waals surface area contributed by atoms with Crippen LogP contribution in [0.4, 0.5) is 5.13 Å². The van der Waals surface area contributed by atoms with Crippen LogP contribution in [0.3, 0.4) is 0 Å². The molecular weight excluding hydrogens is 414 g/mol. The van der Waals surface area contributed by atoms with Crippen LogP contribution in [0, 0.1) is 13.8 Å². The minimum absolute atomic E-state index is 0. The van der Waals surface area contributed by atoms with Crippen LogP contribution >= 0.6 is 23.7 Å². The first-order valence-corrected chi connectivity index (χ1v) is 11.3. The number of hydrogen-bond donors (Lipinski definition) is 0. The van der Waals surface area contributed by atoms with Gasteiger partial charge in [-0.05, 0) is 56.1 Å². The number of hydrogen-bond acceptors (Lipinski definition) is 4. The zero-order valence-corrected chi connectivity index (χ0v) is 20.0. The van der Waals surface area contributed by atoms with E-state index in [1.54, 1.807) is 11.3 Å². The molecule has 4 nitrogen and oxygen atoms in total. The summed E-state index contributed by atoms with van der Waals surface area (Å²) in [6.45, 7) is 12.0. The van der Waals surface area contributed by atoms with Crippen LogP contribution < -0.4 is 4.90 Å². The molecule has 1 heterocycles. The zero-order chi connectivity index (χ0) is 20.8. The van der Waals surface area contributed by atoms with Crippen LogP contribution in [0.1, 0.15) is 37.0 Å². The molecule has 3 aromatic rings. The largest absolute Gasteiger partial charge is 0.302 e. The van der Waals surface area contributed by atoms with Crippen molar-refractivity contribution in [3.63, 3.8) is 0 Å². The predicted octanol–water partition coefficient (Wildman–Crippen LogP) is 5.64. The second-order valence-corrected chi connectivity index (χ2v) is 8.46. The highest BCUT2D eigenvalue weighted by molar-refractivity contribution is 7.22. The lowest BCUT2D eigenvalue weighted by atomic mass is 10.1. The van der Waals surface area contributed by atoms with Gasteiger partial charge in [-0.1, -0.05) is 61.6 Å². The molecule has 0 saturated carbocycles. The molecule has 0 unspecified atom stereocenters. The molecule has 162 valence electrons. The Labute approximate surface area is 190 Å². The Bertz CT molecular complexity index is 954. The van der Waals surface area contributed by atoms with Crippen molar-refractivity contribution in [2.24, 2.45) is 0 Å². The molecular formula is C24H32ClN3OS. The van der Waals surface area contributed by atoms with E-state index < -0.39 is 0 Å². The summed E-state index contributed by atoms with van der Waals surface area (Å²) < 4.78 is 1.18. The lowest BCUT2D eigenvalue weighted by Gasteiger charge is -2.24. The fourth-order valence-corrected chi connectivity index (χ4v) is 4.68. The van der Waals surface area contributed by atoms with Crippen molar-refractivity contribution in [3.05, 3.63) is 59.2 Å². The number of rotatable bonds is 9. The third-order valence-electron chi connectivity index (χ3n) is 5.35. The van der Waals surface area contributed by atoms with Crippen molar-refractivity contribution in [3.8, 4) is 0 Å². The molecule has 0 spiro atoms. The van der Waals surface area contributed by atoms with Gasteiger partial charge in [-0.15, -0.1) is 12.4 Å². The van der Waals surface area contributed by atoms with Crippen molar-refractivity contribution in [1.29, 1.82) is 0 Å². The third-order valence-corrected chi connectivity index (χ3v) is 6.57. The Morgan fingerprint density at radius 1 is 1.03 bits per heavy atom. The quantitative estimate of drug-likeness (QED) is 0.427. The average Bonchev–Trinajstić information content (AvgIpc) is 3.14. The van der Waals surface area contributed by atoms with E-state index in [1.807, 2.05) is 23.1 Å². The molecule has 0 fully saturated rings. The Morgan fingerprint density at radius 2 is 1.73 bits per heavy atom. The van der Waals surface area contributed by atoms with E-state index in [9.17, 15) is 4.79 Å². The number of aryl methyl sites for hydroxylation is 3. The van der Waals surface area contributed by atoms with Crippen LogP contribution in [0.25, 0.3) is 10.2 Å². The van der Waals surface area contributed by atoms with Crippen LogP contribution in [0.2, 0.25) is 0 Å². The fraction of sp³-hybridized carbons (Fsp3) is 0.417. The minimum Gasteiger partial charge on any atom is -0.302 e. The van der Waals surface area contributed by atoms with Gasteiger partial charge < -0.3 is 4.90 Å². The number of carbonyl (C=O) groups is 1. The molecule has 0 radical (unpaired) electrons. The Balaban J connectivity index is 0.00000320. The Hall–Kier alpha value is -1.95. The summed E-state index contributed by atoms with van der Waals surface area (Å²) in [5.41, 5.74) is 4.62. The molecule has 0 aliphatic carbocycles. The molecule has 1 amide bonds. The number of anilines is 1. The van der Waals surface area contributed by atoms with Crippen molar-refractivity contribution in [2.45, 2.75) is 40.5 Å². The summed E-state index contributed by atoms with van der Waals surface area (Å²) in [6.07, 6.45) is 1.25. The SMILES string of the molecule is CCN(CC)CCN(C(=O)CCc1ccccc1)c1nc2cc(C)cc(C)c2s1.Cl. The maximum Gasteiger partial charge on any atom is 0.229 e. The van der Waals surface area contributed by atoms with Crippen LogP contribution in [0.5, 0.6) is 0 Å². The van der Waals surface area contributed by atoms with E-state index in [0.29, 0.717) is 13.0 Å². The zero-order valence-electron chi connectivity index (χ0n) is 18.4.